The molecule has 5 nitrogen and oxygen atoms in total. The van der Waals surface area contributed by atoms with Crippen LogP contribution >= 0.6 is 11.6 Å². The van der Waals surface area contributed by atoms with Gasteiger partial charge < -0.3 is 9.15 Å². The van der Waals surface area contributed by atoms with Crippen molar-refractivity contribution < 1.29 is 13.9 Å². The summed E-state index contributed by atoms with van der Waals surface area (Å²) in [5.41, 5.74) is 2.44. The SMILES string of the molecule is O=C(Nc1ccccc1-c1nc2cc(Cl)ccc2o1)Oc1ccccc1. The Hall–Kier alpha value is -3.31. The minimum absolute atomic E-state index is 0.387. The first kappa shape index (κ1) is 16.2. The van der Waals surface area contributed by atoms with E-state index in [4.69, 9.17) is 20.8 Å². The number of halogens is 1. The molecule has 1 amide bonds. The van der Waals surface area contributed by atoms with E-state index in [0.29, 0.717) is 39.0 Å². The number of carbonyl (C=O) groups is 1. The van der Waals surface area contributed by atoms with E-state index in [-0.39, 0.29) is 0 Å². The average molecular weight is 365 g/mol. The molecular formula is C20H13ClN2O3. The zero-order chi connectivity index (χ0) is 17.9. The number of anilines is 1. The Morgan fingerprint density at radius 3 is 2.62 bits per heavy atom. The molecule has 0 bridgehead atoms. The normalized spacial score (nSPS) is 10.7. The fraction of sp³-hybridized carbons (Fsp3) is 0. The lowest BCUT2D eigenvalue weighted by atomic mass is 10.2. The molecule has 6 heteroatoms. The number of carbonyl (C=O) groups excluding carboxylic acids is 1. The van der Waals surface area contributed by atoms with Gasteiger partial charge in [0.25, 0.3) is 0 Å². The number of fused-ring (bicyclic) bond motifs is 1. The van der Waals surface area contributed by atoms with Crippen molar-refractivity contribution in [2.24, 2.45) is 0 Å². The van der Waals surface area contributed by atoms with Crippen molar-refractivity contribution in [3.8, 4) is 17.2 Å². The first-order valence-corrected chi connectivity index (χ1v) is 8.26. The van der Waals surface area contributed by atoms with E-state index in [2.05, 4.69) is 10.3 Å². The zero-order valence-corrected chi connectivity index (χ0v) is 14.2. The number of nitrogens with one attached hydrogen (secondary N) is 1. The first-order valence-electron chi connectivity index (χ1n) is 7.88. The molecule has 0 unspecified atom stereocenters. The van der Waals surface area contributed by atoms with Crippen LogP contribution in [0.5, 0.6) is 5.75 Å². The van der Waals surface area contributed by atoms with Gasteiger partial charge in [-0.1, -0.05) is 41.9 Å². The first-order chi connectivity index (χ1) is 12.7. The van der Waals surface area contributed by atoms with Crippen molar-refractivity contribution in [1.29, 1.82) is 0 Å². The molecule has 128 valence electrons. The molecule has 3 aromatic carbocycles. The Morgan fingerprint density at radius 1 is 1.00 bits per heavy atom. The maximum Gasteiger partial charge on any atom is 0.417 e. The van der Waals surface area contributed by atoms with Crippen molar-refractivity contribution in [3.63, 3.8) is 0 Å². The molecule has 1 aromatic heterocycles. The molecule has 0 saturated carbocycles. The lowest BCUT2D eigenvalue weighted by Gasteiger charge is -2.09. The van der Waals surface area contributed by atoms with Crippen LogP contribution in [0, 0.1) is 0 Å². The Bertz CT molecular complexity index is 1080. The summed E-state index contributed by atoms with van der Waals surface area (Å²) in [6.45, 7) is 0. The van der Waals surface area contributed by atoms with Crippen LogP contribution in [0.15, 0.2) is 77.2 Å². The van der Waals surface area contributed by atoms with Gasteiger partial charge in [-0.2, -0.15) is 0 Å². The van der Waals surface area contributed by atoms with E-state index < -0.39 is 6.09 Å². The van der Waals surface area contributed by atoms with Gasteiger partial charge in [0.05, 0.1) is 11.3 Å². The molecule has 0 atom stereocenters. The molecule has 26 heavy (non-hydrogen) atoms. The molecule has 4 aromatic rings. The maximum atomic E-state index is 12.2. The fourth-order valence-corrected chi connectivity index (χ4v) is 2.69. The summed E-state index contributed by atoms with van der Waals surface area (Å²) in [4.78, 5) is 16.6. The maximum absolute atomic E-state index is 12.2. The Labute approximate surface area is 154 Å². The molecule has 1 N–H and O–H groups in total. The highest BCUT2D eigenvalue weighted by Gasteiger charge is 2.15. The topological polar surface area (TPSA) is 64.4 Å². The Balaban J connectivity index is 1.62. The van der Waals surface area contributed by atoms with Crippen LogP contribution in [0.4, 0.5) is 10.5 Å². The highest BCUT2D eigenvalue weighted by Crippen LogP contribution is 2.31. The van der Waals surface area contributed by atoms with Crippen molar-refractivity contribution in [2.75, 3.05) is 5.32 Å². The number of nitrogens with zero attached hydrogens (tertiary/aromatic N) is 1. The average Bonchev–Trinajstić information content (AvgIpc) is 3.06. The van der Waals surface area contributed by atoms with Gasteiger partial charge in [0.1, 0.15) is 11.3 Å². The minimum atomic E-state index is -0.595. The summed E-state index contributed by atoms with van der Waals surface area (Å²) >= 11 is 6.00. The minimum Gasteiger partial charge on any atom is -0.436 e. The molecule has 0 spiro atoms. The number of amides is 1. The monoisotopic (exact) mass is 364 g/mol. The molecule has 4 rings (SSSR count). The van der Waals surface area contributed by atoms with Crippen LogP contribution in [0.2, 0.25) is 5.02 Å². The predicted octanol–water partition coefficient (Wildman–Crippen LogP) is 5.76. The van der Waals surface area contributed by atoms with Gasteiger partial charge in [-0.3, -0.25) is 5.32 Å². The number of ether oxygens (including phenoxy) is 1. The quantitative estimate of drug-likeness (QED) is 0.502. The third-order valence-corrected chi connectivity index (χ3v) is 3.93. The molecular weight excluding hydrogens is 352 g/mol. The highest BCUT2D eigenvalue weighted by molar-refractivity contribution is 6.31. The predicted molar refractivity (Wildman–Crippen MR) is 101 cm³/mol. The van der Waals surface area contributed by atoms with Crippen LogP contribution in [0.25, 0.3) is 22.6 Å². The zero-order valence-electron chi connectivity index (χ0n) is 13.5. The molecule has 0 aliphatic heterocycles. The van der Waals surface area contributed by atoms with Crippen molar-refractivity contribution >= 4 is 34.5 Å². The van der Waals surface area contributed by atoms with Gasteiger partial charge in [0.2, 0.25) is 5.89 Å². The van der Waals surface area contributed by atoms with Crippen molar-refractivity contribution in [3.05, 3.63) is 77.8 Å². The van der Waals surface area contributed by atoms with Gasteiger partial charge in [-0.25, -0.2) is 9.78 Å². The molecule has 0 aliphatic rings. The van der Waals surface area contributed by atoms with E-state index in [9.17, 15) is 4.79 Å². The summed E-state index contributed by atoms with van der Waals surface area (Å²) in [6, 6.07) is 21.3. The Kier molecular flexibility index (Phi) is 4.29. The van der Waals surface area contributed by atoms with Gasteiger partial charge >= 0.3 is 6.09 Å². The summed E-state index contributed by atoms with van der Waals surface area (Å²) in [6.07, 6.45) is -0.595. The van der Waals surface area contributed by atoms with Gasteiger partial charge in [0.15, 0.2) is 5.58 Å². The number of oxazole rings is 1. The summed E-state index contributed by atoms with van der Waals surface area (Å²) < 4.78 is 11.1. The number of para-hydroxylation sites is 2. The van der Waals surface area contributed by atoms with Crippen molar-refractivity contribution in [2.45, 2.75) is 0 Å². The van der Waals surface area contributed by atoms with Crippen LogP contribution in [-0.2, 0) is 0 Å². The summed E-state index contributed by atoms with van der Waals surface area (Å²) in [5, 5.41) is 3.30. The summed E-state index contributed by atoms with van der Waals surface area (Å²) in [5.74, 6) is 0.844. The number of rotatable bonds is 3. The second-order valence-electron chi connectivity index (χ2n) is 5.50. The van der Waals surface area contributed by atoms with E-state index in [1.54, 1.807) is 54.6 Å². The van der Waals surface area contributed by atoms with E-state index >= 15 is 0 Å². The number of hydrogen-bond donors (Lipinski definition) is 1. The van der Waals surface area contributed by atoms with E-state index in [1.165, 1.54) is 0 Å². The lowest BCUT2D eigenvalue weighted by molar-refractivity contribution is 0.215. The van der Waals surface area contributed by atoms with Gasteiger partial charge in [0, 0.05) is 5.02 Å². The van der Waals surface area contributed by atoms with E-state index in [1.807, 2.05) is 18.2 Å². The number of hydrogen-bond acceptors (Lipinski definition) is 4. The van der Waals surface area contributed by atoms with E-state index in [0.717, 1.165) is 0 Å². The molecule has 1 heterocycles. The van der Waals surface area contributed by atoms with Crippen LogP contribution < -0.4 is 10.1 Å². The fourth-order valence-electron chi connectivity index (χ4n) is 2.53. The van der Waals surface area contributed by atoms with Gasteiger partial charge in [-0.05, 0) is 42.5 Å². The highest BCUT2D eigenvalue weighted by atomic mass is 35.5. The number of aromatic nitrogens is 1. The molecule has 0 aliphatic carbocycles. The lowest BCUT2D eigenvalue weighted by Crippen LogP contribution is -2.17. The molecule has 0 radical (unpaired) electrons. The summed E-state index contributed by atoms with van der Waals surface area (Å²) in [7, 11) is 0. The molecule has 0 saturated heterocycles. The van der Waals surface area contributed by atoms with Gasteiger partial charge in [-0.15, -0.1) is 0 Å². The molecule has 0 fully saturated rings. The Morgan fingerprint density at radius 2 is 1.77 bits per heavy atom. The van der Waals surface area contributed by atoms with Crippen molar-refractivity contribution in [1.82, 2.24) is 4.98 Å². The second-order valence-corrected chi connectivity index (χ2v) is 5.94. The third kappa shape index (κ3) is 3.38. The third-order valence-electron chi connectivity index (χ3n) is 3.70. The van der Waals surface area contributed by atoms with Crippen LogP contribution in [0.3, 0.4) is 0 Å². The standard InChI is InChI=1S/C20H13ClN2O3/c21-13-10-11-18-17(12-13)22-19(26-18)15-8-4-5-9-16(15)23-20(24)25-14-6-2-1-3-7-14/h1-12H,(H,23,24). The second kappa shape index (κ2) is 6.90. The number of benzene rings is 3. The van der Waals surface area contributed by atoms with Crippen LogP contribution in [0.1, 0.15) is 0 Å². The largest absolute Gasteiger partial charge is 0.436 e. The smallest absolute Gasteiger partial charge is 0.417 e. The van der Waals surface area contributed by atoms with Crippen LogP contribution in [-0.4, -0.2) is 11.1 Å².